The largest absolute Gasteiger partial charge is 2.00 e. The summed E-state index contributed by atoms with van der Waals surface area (Å²) in [4.78, 5) is 0. The van der Waals surface area contributed by atoms with E-state index in [1.165, 1.54) is 0 Å². The van der Waals surface area contributed by atoms with Crippen LogP contribution in [0.5, 0.6) is 0 Å². The second kappa shape index (κ2) is 16.5. The van der Waals surface area contributed by atoms with Gasteiger partial charge in [0.25, 0.3) is 0 Å². The molecular weight excluding hydrogens is 320 g/mol. The summed E-state index contributed by atoms with van der Waals surface area (Å²) in [5.41, 5.74) is 0. The Bertz CT molecular complexity index is 13.5. The number of hydrogen-bond donors (Lipinski definition) is 0. The van der Waals surface area contributed by atoms with Crippen molar-refractivity contribution in [1.29, 1.82) is 0 Å². The third-order valence-electron chi connectivity index (χ3n) is 0. The molecule has 1 nitrogen and oxygen atoms in total. The van der Waals surface area contributed by atoms with Gasteiger partial charge in [0, 0.05) is 39.9 Å². The summed E-state index contributed by atoms with van der Waals surface area (Å²) >= 11 is 2.31. The van der Waals surface area contributed by atoms with Crippen molar-refractivity contribution in [2.24, 2.45) is 0 Å². The van der Waals surface area contributed by atoms with Gasteiger partial charge in [0.15, 0.2) is 0 Å². The minimum absolute atomic E-state index is 0. The topological polar surface area (TPSA) is 17.1 Å². The summed E-state index contributed by atoms with van der Waals surface area (Å²) in [6.07, 6.45) is 0. The van der Waals surface area contributed by atoms with E-state index in [-0.39, 0.29) is 88.3 Å². The first-order valence-corrected chi connectivity index (χ1v) is 0.561. The molecule has 0 aliphatic carbocycles. The monoisotopic (exact) mass is 323 g/mol. The molecule has 0 aromatic carbocycles. The summed E-state index contributed by atoms with van der Waals surface area (Å²) in [6, 6.07) is 0. The first-order chi connectivity index (χ1) is 1.00. The smallest absolute Gasteiger partial charge is 2.00 e. The zero-order valence-corrected chi connectivity index (χ0v) is 8.59. The molecule has 0 fully saturated rings. The summed E-state index contributed by atoms with van der Waals surface area (Å²) in [7, 11) is 0. The third-order valence-corrected chi connectivity index (χ3v) is 0. The van der Waals surface area contributed by atoms with E-state index in [4.69, 9.17) is 3.87 Å². The van der Waals surface area contributed by atoms with Gasteiger partial charge in [0.2, 0.25) is 0 Å². The second-order valence-electron chi connectivity index (χ2n) is 0. The fourth-order valence-electron chi connectivity index (χ4n) is 0. The maximum atomic E-state index is 7.94. The van der Waals surface area contributed by atoms with Gasteiger partial charge in [-0.15, -0.1) is 0 Å². The number of hydrogen-bond acceptors (Lipinski definition) is 1. The van der Waals surface area contributed by atoms with Crippen LogP contribution in [0, 0.1) is 39.9 Å². The Morgan fingerprint density at radius 1 is 1.50 bits per heavy atom. The fraction of sp³-hybridized carbons (Fsp3) is 0. The van der Waals surface area contributed by atoms with Crippen LogP contribution in [0.4, 0.5) is 0 Å². The average Bonchev–Trinajstić information content (AvgIpc) is 1.00. The van der Waals surface area contributed by atoms with Crippen LogP contribution < -0.4 is 0 Å². The minimum Gasteiger partial charge on any atom is 2.00 e. The molecule has 0 amide bonds. The normalized spacial score (nSPS) is 1.25. The van der Waals surface area contributed by atoms with Gasteiger partial charge in [-0.2, -0.15) is 0 Å². The SMILES string of the molecule is [Gd].[H-].[H-].[O]=[Co].[Sr+2]. The van der Waals surface area contributed by atoms with Crippen LogP contribution in [-0.2, 0) is 19.5 Å². The minimum atomic E-state index is 0. The van der Waals surface area contributed by atoms with Crippen molar-refractivity contribution in [2.45, 2.75) is 0 Å². The summed E-state index contributed by atoms with van der Waals surface area (Å²) in [6.45, 7) is 0. The molecule has 0 aliphatic heterocycles. The van der Waals surface area contributed by atoms with Crippen molar-refractivity contribution >= 4 is 45.5 Å². The van der Waals surface area contributed by atoms with Crippen molar-refractivity contribution in [2.75, 3.05) is 0 Å². The predicted octanol–water partition coefficient (Wildman–Crippen LogP) is -0.277. The van der Waals surface area contributed by atoms with Crippen molar-refractivity contribution in [1.82, 2.24) is 0 Å². The van der Waals surface area contributed by atoms with E-state index < -0.39 is 0 Å². The molecule has 0 spiro atoms. The standard InChI is InChI=1S/Co.Gd.O.Sr.2H/q;;;+2;2*-1. The maximum absolute atomic E-state index is 7.94. The van der Waals surface area contributed by atoms with Gasteiger partial charge in [-0.1, -0.05) is 0 Å². The van der Waals surface area contributed by atoms with Crippen LogP contribution in [0.15, 0.2) is 0 Å². The van der Waals surface area contributed by atoms with Gasteiger partial charge in [-0.3, -0.25) is 0 Å². The molecule has 0 unspecified atom stereocenters. The second-order valence-corrected chi connectivity index (χ2v) is 0. The molecule has 0 aromatic heterocycles. The van der Waals surface area contributed by atoms with Crippen LogP contribution in [0.3, 0.4) is 0 Å². The molecule has 0 heterocycles. The van der Waals surface area contributed by atoms with Gasteiger partial charge in [-0.05, 0) is 0 Å². The van der Waals surface area contributed by atoms with Gasteiger partial charge < -0.3 is 2.85 Å². The Labute approximate surface area is 105 Å². The molecule has 0 N–H and O–H groups in total. The van der Waals surface area contributed by atoms with Crippen molar-refractivity contribution in [3.63, 3.8) is 0 Å². The summed E-state index contributed by atoms with van der Waals surface area (Å²) < 4.78 is 7.94. The Morgan fingerprint density at radius 3 is 1.50 bits per heavy atom. The van der Waals surface area contributed by atoms with Crippen LogP contribution >= 0.6 is 0 Å². The van der Waals surface area contributed by atoms with Crippen LogP contribution in [0.1, 0.15) is 2.85 Å². The molecule has 0 aliphatic rings. The van der Waals surface area contributed by atoms with Crippen LogP contribution in [0.25, 0.3) is 0 Å². The zero-order valence-electron chi connectivity index (χ0n) is 3.80. The number of rotatable bonds is 0. The molecule has 0 atom stereocenters. The molecule has 0 saturated heterocycles. The van der Waals surface area contributed by atoms with Crippen molar-refractivity contribution < 1.29 is 62.3 Å². The van der Waals surface area contributed by atoms with Gasteiger partial charge in [-0.25, -0.2) is 0 Å². The molecule has 0 bridgehead atoms. The molecule has 0 radical (unpaired) electrons. The quantitative estimate of drug-likeness (QED) is 0.561. The summed E-state index contributed by atoms with van der Waals surface area (Å²) in [5, 5.41) is 0. The van der Waals surface area contributed by atoms with E-state index in [0.29, 0.717) is 0 Å². The first-order valence-electron chi connectivity index (χ1n) is 0.136. The van der Waals surface area contributed by atoms with Gasteiger partial charge in [0.05, 0.1) is 0 Å². The molecule has 4 heavy (non-hydrogen) atoms. The molecule has 0 aromatic rings. The van der Waals surface area contributed by atoms with E-state index in [9.17, 15) is 0 Å². The Morgan fingerprint density at radius 2 is 1.50 bits per heavy atom. The van der Waals surface area contributed by atoms with Gasteiger partial charge >= 0.3 is 65.0 Å². The van der Waals surface area contributed by atoms with Crippen LogP contribution in [-0.4, -0.2) is 45.5 Å². The molecule has 4 heteroatoms. The van der Waals surface area contributed by atoms with Crippen molar-refractivity contribution in [3.05, 3.63) is 0 Å². The molecular formula is H2CoGdOSr. The van der Waals surface area contributed by atoms with E-state index in [0.717, 1.165) is 0 Å². The van der Waals surface area contributed by atoms with Crippen molar-refractivity contribution in [3.8, 4) is 0 Å². The van der Waals surface area contributed by atoms with E-state index in [1.54, 1.807) is 0 Å². The zero-order chi connectivity index (χ0) is 2.00. The molecule has 0 saturated carbocycles. The van der Waals surface area contributed by atoms with Crippen LogP contribution in [0.2, 0.25) is 0 Å². The maximum Gasteiger partial charge on any atom is 2.00 e. The predicted molar refractivity (Wildman–Crippen MR) is 8.66 cm³/mol. The Hall–Kier alpha value is 3.11. The molecule has 27 valence electrons. The Kier molecular flexibility index (Phi) is 64.8. The first kappa shape index (κ1) is 15.7. The van der Waals surface area contributed by atoms with Gasteiger partial charge in [0.1, 0.15) is 0 Å². The average molecular weight is 322 g/mol. The third kappa shape index (κ3) is 8.93. The van der Waals surface area contributed by atoms with E-state index in [2.05, 4.69) is 15.7 Å². The summed E-state index contributed by atoms with van der Waals surface area (Å²) in [5.74, 6) is 0. The van der Waals surface area contributed by atoms with E-state index in [1.807, 2.05) is 0 Å². The Balaban J connectivity index is -0.000000000833. The fourth-order valence-corrected chi connectivity index (χ4v) is 0. The van der Waals surface area contributed by atoms with E-state index >= 15 is 0 Å². The molecule has 0 rings (SSSR count).